The Labute approximate surface area is 97.4 Å². The van der Waals surface area contributed by atoms with E-state index >= 15 is 0 Å². The van der Waals surface area contributed by atoms with Gasteiger partial charge in [-0.1, -0.05) is 13.8 Å². The molecule has 74 valence electrons. The van der Waals surface area contributed by atoms with E-state index in [1.54, 1.807) is 0 Å². The number of halogens is 1. The number of rotatable bonds is 1. The lowest BCUT2D eigenvalue weighted by atomic mass is 10.1. The van der Waals surface area contributed by atoms with Crippen molar-refractivity contribution in [3.8, 4) is 0 Å². The van der Waals surface area contributed by atoms with Gasteiger partial charge in [-0.15, -0.1) is 0 Å². The molecule has 0 saturated carbocycles. The van der Waals surface area contributed by atoms with E-state index in [1.807, 2.05) is 11.7 Å². The monoisotopic (exact) mass is 300 g/mol. The van der Waals surface area contributed by atoms with Crippen LogP contribution in [0.1, 0.15) is 25.5 Å². The molecular formula is C11H13IN2. The van der Waals surface area contributed by atoms with Gasteiger partial charge in [0.2, 0.25) is 0 Å². The summed E-state index contributed by atoms with van der Waals surface area (Å²) in [5.41, 5.74) is 2.41. The van der Waals surface area contributed by atoms with Crippen molar-refractivity contribution in [2.75, 3.05) is 0 Å². The third-order valence-electron chi connectivity index (χ3n) is 2.39. The molecule has 0 aliphatic rings. The van der Waals surface area contributed by atoms with Crippen LogP contribution in [0.25, 0.3) is 10.9 Å². The smallest absolute Gasteiger partial charge is 0.0926 e. The zero-order valence-corrected chi connectivity index (χ0v) is 10.7. The highest BCUT2D eigenvalue weighted by atomic mass is 127. The molecule has 0 radical (unpaired) electrons. The van der Waals surface area contributed by atoms with Gasteiger partial charge in [-0.05, 0) is 46.7 Å². The predicted molar refractivity (Wildman–Crippen MR) is 67.5 cm³/mol. The van der Waals surface area contributed by atoms with Crippen molar-refractivity contribution in [3.05, 3.63) is 27.5 Å². The molecule has 0 unspecified atom stereocenters. The molecule has 2 rings (SSSR count). The van der Waals surface area contributed by atoms with E-state index in [0.29, 0.717) is 5.92 Å². The average Bonchev–Trinajstić information content (AvgIpc) is 2.40. The molecule has 14 heavy (non-hydrogen) atoms. The number of hydrogen-bond acceptors (Lipinski definition) is 1. The van der Waals surface area contributed by atoms with Gasteiger partial charge in [-0.2, -0.15) is 5.10 Å². The number of hydrogen-bond donors (Lipinski definition) is 0. The van der Waals surface area contributed by atoms with Gasteiger partial charge < -0.3 is 0 Å². The number of fused-ring (bicyclic) bond motifs is 1. The zero-order valence-electron chi connectivity index (χ0n) is 8.58. The highest BCUT2D eigenvalue weighted by Crippen LogP contribution is 2.25. The van der Waals surface area contributed by atoms with Gasteiger partial charge >= 0.3 is 0 Å². The summed E-state index contributed by atoms with van der Waals surface area (Å²) >= 11 is 2.34. The standard InChI is InChI=1S/C11H13IN2/c1-7(2)11-9-6-8(12)4-5-10(9)13-14(11)3/h4-7H,1-3H3. The maximum atomic E-state index is 4.49. The summed E-state index contributed by atoms with van der Waals surface area (Å²) in [4.78, 5) is 0. The fourth-order valence-electron chi connectivity index (χ4n) is 1.88. The average molecular weight is 300 g/mol. The molecule has 1 aromatic carbocycles. The van der Waals surface area contributed by atoms with Crippen LogP contribution in [-0.2, 0) is 7.05 Å². The van der Waals surface area contributed by atoms with Gasteiger partial charge in [-0.25, -0.2) is 0 Å². The van der Waals surface area contributed by atoms with E-state index in [1.165, 1.54) is 14.7 Å². The molecule has 0 bridgehead atoms. The van der Waals surface area contributed by atoms with Crippen LogP contribution in [-0.4, -0.2) is 9.78 Å². The van der Waals surface area contributed by atoms with Crippen LogP contribution < -0.4 is 0 Å². The molecule has 0 aliphatic heterocycles. The van der Waals surface area contributed by atoms with Crippen LogP contribution in [0.5, 0.6) is 0 Å². The lowest BCUT2D eigenvalue weighted by molar-refractivity contribution is 0.677. The first-order valence-electron chi connectivity index (χ1n) is 4.71. The Hall–Kier alpha value is -0.580. The van der Waals surface area contributed by atoms with E-state index in [0.717, 1.165) is 5.52 Å². The number of aromatic nitrogens is 2. The largest absolute Gasteiger partial charge is 0.271 e. The van der Waals surface area contributed by atoms with Crippen molar-refractivity contribution < 1.29 is 0 Å². The minimum atomic E-state index is 0.517. The van der Waals surface area contributed by atoms with E-state index < -0.39 is 0 Å². The summed E-state index contributed by atoms with van der Waals surface area (Å²) in [5.74, 6) is 0.517. The third kappa shape index (κ3) is 1.54. The molecule has 0 N–H and O–H groups in total. The van der Waals surface area contributed by atoms with Crippen molar-refractivity contribution in [3.63, 3.8) is 0 Å². The molecule has 2 aromatic rings. The Morgan fingerprint density at radius 1 is 1.36 bits per heavy atom. The van der Waals surface area contributed by atoms with Crippen molar-refractivity contribution in [1.29, 1.82) is 0 Å². The highest BCUT2D eigenvalue weighted by Gasteiger charge is 2.11. The lowest BCUT2D eigenvalue weighted by Crippen LogP contribution is -1.99. The van der Waals surface area contributed by atoms with Crippen LogP contribution in [0.2, 0.25) is 0 Å². The Bertz CT molecular complexity index is 471. The summed E-state index contributed by atoms with van der Waals surface area (Å²) in [5, 5.41) is 5.78. The van der Waals surface area contributed by atoms with Gasteiger partial charge in [0.15, 0.2) is 0 Å². The molecule has 3 heteroatoms. The molecule has 1 aromatic heterocycles. The first-order valence-corrected chi connectivity index (χ1v) is 5.79. The van der Waals surface area contributed by atoms with Crippen molar-refractivity contribution in [1.82, 2.24) is 9.78 Å². The van der Waals surface area contributed by atoms with E-state index in [9.17, 15) is 0 Å². The molecule has 0 atom stereocenters. The predicted octanol–water partition coefficient (Wildman–Crippen LogP) is 3.30. The lowest BCUT2D eigenvalue weighted by Gasteiger charge is -2.05. The maximum Gasteiger partial charge on any atom is 0.0926 e. The topological polar surface area (TPSA) is 17.8 Å². The van der Waals surface area contributed by atoms with E-state index in [4.69, 9.17) is 0 Å². The van der Waals surface area contributed by atoms with Gasteiger partial charge in [0.25, 0.3) is 0 Å². The van der Waals surface area contributed by atoms with Crippen LogP contribution in [0.15, 0.2) is 18.2 Å². The van der Waals surface area contributed by atoms with Crippen LogP contribution >= 0.6 is 22.6 Å². The summed E-state index contributed by atoms with van der Waals surface area (Å²) in [6.45, 7) is 4.41. The molecule has 2 nitrogen and oxygen atoms in total. The minimum absolute atomic E-state index is 0.517. The Morgan fingerprint density at radius 3 is 2.71 bits per heavy atom. The first-order chi connectivity index (χ1) is 6.59. The summed E-state index contributed by atoms with van der Waals surface area (Å²) in [7, 11) is 2.02. The Kier molecular flexibility index (Phi) is 2.51. The summed E-state index contributed by atoms with van der Waals surface area (Å²) < 4.78 is 3.26. The molecule has 0 fully saturated rings. The fraction of sp³-hybridized carbons (Fsp3) is 0.364. The number of benzene rings is 1. The van der Waals surface area contributed by atoms with Gasteiger partial charge in [0, 0.05) is 21.7 Å². The van der Waals surface area contributed by atoms with Crippen LogP contribution in [0.4, 0.5) is 0 Å². The van der Waals surface area contributed by atoms with Crippen LogP contribution in [0.3, 0.4) is 0 Å². The second-order valence-corrected chi connectivity index (χ2v) is 5.07. The summed E-state index contributed by atoms with van der Waals surface area (Å²) in [6, 6.07) is 6.39. The first kappa shape index (κ1) is 9.96. The molecule has 1 heterocycles. The zero-order chi connectivity index (χ0) is 10.3. The fourth-order valence-corrected chi connectivity index (χ4v) is 2.37. The van der Waals surface area contributed by atoms with E-state index in [-0.39, 0.29) is 0 Å². The molecular weight excluding hydrogens is 287 g/mol. The quantitative estimate of drug-likeness (QED) is 0.739. The van der Waals surface area contributed by atoms with Gasteiger partial charge in [0.1, 0.15) is 0 Å². The normalized spacial score (nSPS) is 11.5. The molecule has 0 spiro atoms. The SMILES string of the molecule is CC(C)c1c2cc(I)ccc2nn1C. The second-order valence-electron chi connectivity index (χ2n) is 3.83. The highest BCUT2D eigenvalue weighted by molar-refractivity contribution is 14.1. The third-order valence-corrected chi connectivity index (χ3v) is 3.06. The Balaban J connectivity index is 2.79. The molecule has 0 amide bonds. The minimum Gasteiger partial charge on any atom is -0.271 e. The van der Waals surface area contributed by atoms with E-state index in [2.05, 4.69) is 59.7 Å². The maximum absolute atomic E-state index is 4.49. The number of nitrogens with zero attached hydrogens (tertiary/aromatic N) is 2. The second kappa shape index (κ2) is 3.53. The molecule has 0 saturated heterocycles. The van der Waals surface area contributed by atoms with Crippen molar-refractivity contribution >= 4 is 33.5 Å². The summed E-state index contributed by atoms with van der Waals surface area (Å²) in [6.07, 6.45) is 0. The van der Waals surface area contributed by atoms with Crippen LogP contribution in [0, 0.1) is 3.57 Å². The van der Waals surface area contributed by atoms with Crippen molar-refractivity contribution in [2.24, 2.45) is 7.05 Å². The van der Waals surface area contributed by atoms with Crippen molar-refractivity contribution in [2.45, 2.75) is 19.8 Å². The number of aryl methyl sites for hydroxylation is 1. The molecule has 0 aliphatic carbocycles. The Morgan fingerprint density at radius 2 is 2.07 bits per heavy atom. The van der Waals surface area contributed by atoms with Gasteiger partial charge in [-0.3, -0.25) is 4.68 Å². The van der Waals surface area contributed by atoms with Gasteiger partial charge in [0.05, 0.1) is 5.52 Å².